The summed E-state index contributed by atoms with van der Waals surface area (Å²) in [5.74, 6) is -0.210. The fraction of sp³-hybridized carbons (Fsp3) is 0.923. The normalized spacial score (nSPS) is 26.4. The Balaban J connectivity index is 1.99. The van der Waals surface area contributed by atoms with Crippen LogP contribution in [0.2, 0.25) is 0 Å². The lowest BCUT2D eigenvalue weighted by Gasteiger charge is -2.36. The first-order valence-electron chi connectivity index (χ1n) is 7.30. The fourth-order valence-electron chi connectivity index (χ4n) is 3.07. The van der Waals surface area contributed by atoms with Gasteiger partial charge in [0.2, 0.25) is 15.9 Å². The van der Waals surface area contributed by atoms with Crippen LogP contribution in [0.15, 0.2) is 0 Å². The number of carbonyl (C=O) groups excluding carboxylic acids is 1. The molecule has 1 saturated heterocycles. The first kappa shape index (κ1) is 15.7. The highest BCUT2D eigenvalue weighted by molar-refractivity contribution is 7.88. The first-order valence-corrected chi connectivity index (χ1v) is 9.19. The summed E-state index contributed by atoms with van der Waals surface area (Å²) in [6, 6.07) is 0. The van der Waals surface area contributed by atoms with Crippen LogP contribution < -0.4 is 10.0 Å². The molecule has 1 saturated carbocycles. The first-order chi connectivity index (χ1) is 9.41. The molecule has 1 amide bonds. The van der Waals surface area contributed by atoms with E-state index in [1.165, 1.54) is 0 Å². The smallest absolute Gasteiger partial charge is 0.241 e. The molecule has 0 aromatic rings. The number of nitrogens with one attached hydrogen (secondary N) is 2. The highest BCUT2D eigenvalue weighted by Crippen LogP contribution is 2.29. The van der Waals surface area contributed by atoms with E-state index in [-0.39, 0.29) is 12.0 Å². The number of rotatable bonds is 5. The number of carbonyl (C=O) groups is 1. The molecule has 1 aliphatic carbocycles. The lowest BCUT2D eigenvalue weighted by Crippen LogP contribution is -2.60. The van der Waals surface area contributed by atoms with Crippen LogP contribution in [0.25, 0.3) is 0 Å². The Hall–Kier alpha value is -0.660. The molecule has 7 heteroatoms. The molecule has 1 aliphatic heterocycles. The summed E-state index contributed by atoms with van der Waals surface area (Å²) < 4.78 is 31.1. The number of hydrogen-bond donors (Lipinski definition) is 2. The molecule has 0 spiro atoms. The van der Waals surface area contributed by atoms with E-state index >= 15 is 0 Å². The molecule has 0 aromatic carbocycles. The van der Waals surface area contributed by atoms with Crippen LogP contribution in [0.4, 0.5) is 0 Å². The molecule has 20 heavy (non-hydrogen) atoms. The maximum Gasteiger partial charge on any atom is 0.241 e. The number of hydrogen-bond acceptors (Lipinski definition) is 4. The molecule has 0 radical (unpaired) electrons. The van der Waals surface area contributed by atoms with E-state index in [0.717, 1.165) is 45.0 Å². The molecule has 2 aliphatic rings. The Labute approximate surface area is 120 Å². The van der Waals surface area contributed by atoms with E-state index in [0.29, 0.717) is 19.4 Å². The third kappa shape index (κ3) is 4.17. The van der Waals surface area contributed by atoms with Gasteiger partial charge < -0.3 is 10.1 Å². The third-order valence-corrected chi connectivity index (χ3v) is 4.80. The minimum Gasteiger partial charge on any atom is -0.376 e. The van der Waals surface area contributed by atoms with Crippen LogP contribution >= 0.6 is 0 Å². The Bertz CT molecular complexity index is 437. The summed E-state index contributed by atoms with van der Waals surface area (Å²) in [6.45, 7) is 1.21. The molecular weight excluding hydrogens is 280 g/mol. The third-order valence-electron chi connectivity index (χ3n) is 4.04. The SMILES string of the molecule is CS(=O)(=O)NC1(C(=O)NC[C@@H]2CCCO2)CCCCC1. The monoisotopic (exact) mass is 304 g/mol. The molecule has 116 valence electrons. The number of ether oxygens (including phenoxy) is 1. The minimum atomic E-state index is -3.41. The number of sulfonamides is 1. The molecule has 2 N–H and O–H groups in total. The van der Waals surface area contributed by atoms with Gasteiger partial charge in [0, 0.05) is 13.2 Å². The predicted octanol–water partition coefficient (Wildman–Crippen LogP) is 0.534. The average molecular weight is 304 g/mol. The molecule has 1 heterocycles. The van der Waals surface area contributed by atoms with Gasteiger partial charge in [0.15, 0.2) is 0 Å². The van der Waals surface area contributed by atoms with Crippen LogP contribution in [-0.4, -0.2) is 45.4 Å². The van der Waals surface area contributed by atoms with Crippen molar-refractivity contribution in [3.8, 4) is 0 Å². The van der Waals surface area contributed by atoms with E-state index in [1.807, 2.05) is 0 Å². The summed E-state index contributed by atoms with van der Waals surface area (Å²) in [5.41, 5.74) is -0.968. The van der Waals surface area contributed by atoms with E-state index in [1.54, 1.807) is 0 Å². The fourth-order valence-corrected chi connectivity index (χ4v) is 4.07. The molecule has 2 rings (SSSR count). The van der Waals surface area contributed by atoms with Gasteiger partial charge in [0.05, 0.1) is 12.4 Å². The van der Waals surface area contributed by atoms with Crippen molar-refractivity contribution in [3.05, 3.63) is 0 Å². The van der Waals surface area contributed by atoms with Gasteiger partial charge in [0.25, 0.3) is 0 Å². The van der Waals surface area contributed by atoms with Crippen LogP contribution in [0.5, 0.6) is 0 Å². The molecule has 6 nitrogen and oxygen atoms in total. The van der Waals surface area contributed by atoms with Gasteiger partial charge in [-0.3, -0.25) is 4.79 Å². The van der Waals surface area contributed by atoms with Crippen LogP contribution in [0.3, 0.4) is 0 Å². The highest BCUT2D eigenvalue weighted by Gasteiger charge is 2.41. The van der Waals surface area contributed by atoms with Crippen molar-refractivity contribution < 1.29 is 17.9 Å². The standard InChI is InChI=1S/C13H24N2O4S/c1-20(17,18)15-13(7-3-2-4-8-13)12(16)14-10-11-6-5-9-19-11/h11,15H,2-10H2,1H3,(H,14,16)/t11-/m0/s1. The highest BCUT2D eigenvalue weighted by atomic mass is 32.2. The average Bonchev–Trinajstić information content (AvgIpc) is 2.88. The maximum absolute atomic E-state index is 12.5. The van der Waals surface area contributed by atoms with E-state index in [2.05, 4.69) is 10.0 Å². The zero-order valence-electron chi connectivity index (χ0n) is 12.0. The maximum atomic E-state index is 12.5. The Morgan fingerprint density at radius 3 is 2.50 bits per heavy atom. The van der Waals surface area contributed by atoms with Crippen molar-refractivity contribution >= 4 is 15.9 Å². The van der Waals surface area contributed by atoms with Gasteiger partial charge in [-0.25, -0.2) is 8.42 Å². The predicted molar refractivity (Wildman–Crippen MR) is 75.8 cm³/mol. The quantitative estimate of drug-likeness (QED) is 0.776. The molecule has 1 atom stereocenters. The second-order valence-electron chi connectivity index (χ2n) is 5.86. The summed E-state index contributed by atoms with van der Waals surface area (Å²) in [4.78, 5) is 12.5. The van der Waals surface area contributed by atoms with Crippen molar-refractivity contribution in [1.29, 1.82) is 0 Å². The summed E-state index contributed by atoms with van der Waals surface area (Å²) in [5, 5.41) is 2.87. The molecule has 2 fully saturated rings. The zero-order valence-corrected chi connectivity index (χ0v) is 12.8. The van der Waals surface area contributed by atoms with Crippen molar-refractivity contribution in [1.82, 2.24) is 10.0 Å². The van der Waals surface area contributed by atoms with Gasteiger partial charge >= 0.3 is 0 Å². The summed E-state index contributed by atoms with van der Waals surface area (Å²) in [6.07, 6.45) is 7.07. The Kier molecular flexibility index (Phi) is 5.04. The summed E-state index contributed by atoms with van der Waals surface area (Å²) in [7, 11) is -3.41. The van der Waals surface area contributed by atoms with E-state index in [9.17, 15) is 13.2 Å². The number of amides is 1. The van der Waals surface area contributed by atoms with Gasteiger partial charge in [-0.15, -0.1) is 0 Å². The van der Waals surface area contributed by atoms with Crippen molar-refractivity contribution in [2.75, 3.05) is 19.4 Å². The Morgan fingerprint density at radius 1 is 1.25 bits per heavy atom. The molecular formula is C13H24N2O4S. The van der Waals surface area contributed by atoms with E-state index < -0.39 is 15.6 Å². The Morgan fingerprint density at radius 2 is 1.95 bits per heavy atom. The molecule has 0 unspecified atom stereocenters. The summed E-state index contributed by atoms with van der Waals surface area (Å²) >= 11 is 0. The largest absolute Gasteiger partial charge is 0.376 e. The zero-order chi connectivity index (χ0) is 14.6. The van der Waals surface area contributed by atoms with E-state index in [4.69, 9.17) is 4.74 Å². The lowest BCUT2D eigenvalue weighted by molar-refractivity contribution is -0.128. The second kappa shape index (κ2) is 6.41. The second-order valence-corrected chi connectivity index (χ2v) is 7.61. The molecule has 0 aromatic heterocycles. The molecule has 0 bridgehead atoms. The topological polar surface area (TPSA) is 84.5 Å². The van der Waals surface area contributed by atoms with Gasteiger partial charge in [-0.2, -0.15) is 4.72 Å². The van der Waals surface area contributed by atoms with Crippen LogP contribution in [0.1, 0.15) is 44.9 Å². The van der Waals surface area contributed by atoms with Gasteiger partial charge in [-0.1, -0.05) is 19.3 Å². The van der Waals surface area contributed by atoms with Crippen molar-refractivity contribution in [3.63, 3.8) is 0 Å². The van der Waals surface area contributed by atoms with Gasteiger partial charge in [0.1, 0.15) is 5.54 Å². The van der Waals surface area contributed by atoms with Crippen LogP contribution in [-0.2, 0) is 19.6 Å². The van der Waals surface area contributed by atoms with Gasteiger partial charge in [-0.05, 0) is 25.7 Å². The minimum absolute atomic E-state index is 0.0674. The lowest BCUT2D eigenvalue weighted by atomic mass is 9.82. The van der Waals surface area contributed by atoms with Crippen molar-refractivity contribution in [2.24, 2.45) is 0 Å². The van der Waals surface area contributed by atoms with Crippen molar-refractivity contribution in [2.45, 2.75) is 56.6 Å². The van der Waals surface area contributed by atoms with Crippen LogP contribution in [0, 0.1) is 0 Å².